The van der Waals surface area contributed by atoms with E-state index in [1.807, 2.05) is 25.1 Å². The van der Waals surface area contributed by atoms with Crippen LogP contribution in [0, 0.1) is 18.8 Å². The van der Waals surface area contributed by atoms with Crippen molar-refractivity contribution in [2.24, 2.45) is 5.73 Å². The van der Waals surface area contributed by atoms with Crippen LogP contribution in [0.15, 0.2) is 18.2 Å². The predicted molar refractivity (Wildman–Crippen MR) is 85.8 cm³/mol. The molecule has 0 radical (unpaired) electrons. The van der Waals surface area contributed by atoms with Gasteiger partial charge in [0.1, 0.15) is 0 Å². The minimum atomic E-state index is 0.0860. The second kappa shape index (κ2) is 7.37. The highest BCUT2D eigenvalue weighted by Gasteiger charge is 2.21. The Kier molecular flexibility index (Phi) is 5.51. The lowest BCUT2D eigenvalue weighted by atomic mass is 10.1. The van der Waals surface area contributed by atoms with Crippen molar-refractivity contribution < 1.29 is 4.79 Å². The summed E-state index contributed by atoms with van der Waals surface area (Å²) in [5.41, 5.74) is 8.18. The van der Waals surface area contributed by atoms with Gasteiger partial charge >= 0.3 is 0 Å². The lowest BCUT2D eigenvalue weighted by Gasteiger charge is -2.20. The van der Waals surface area contributed by atoms with Crippen molar-refractivity contribution in [2.45, 2.75) is 31.4 Å². The van der Waals surface area contributed by atoms with Crippen molar-refractivity contribution >= 4 is 23.4 Å². The Morgan fingerprint density at radius 3 is 3.00 bits per heavy atom. The van der Waals surface area contributed by atoms with Gasteiger partial charge in [0.2, 0.25) is 5.91 Å². The molecule has 20 heavy (non-hydrogen) atoms. The van der Waals surface area contributed by atoms with E-state index < -0.39 is 0 Å². The zero-order chi connectivity index (χ0) is 14.4. The lowest BCUT2D eigenvalue weighted by Crippen LogP contribution is -2.27. The molecule has 0 aliphatic carbocycles. The monoisotopic (exact) mass is 288 g/mol. The first-order chi connectivity index (χ1) is 9.69. The number of nitrogens with one attached hydrogen (secondary N) is 1. The summed E-state index contributed by atoms with van der Waals surface area (Å²) in [7, 11) is 0. The summed E-state index contributed by atoms with van der Waals surface area (Å²) in [6.45, 7) is 2.34. The maximum absolute atomic E-state index is 12.2. The second-order valence-corrected chi connectivity index (χ2v) is 6.25. The van der Waals surface area contributed by atoms with E-state index in [9.17, 15) is 4.79 Å². The topological polar surface area (TPSA) is 55.1 Å². The Hall–Kier alpha value is -1.44. The molecule has 0 saturated carbocycles. The largest absolute Gasteiger partial charge is 0.325 e. The quantitative estimate of drug-likeness (QED) is 0.822. The van der Waals surface area contributed by atoms with Gasteiger partial charge in [0.25, 0.3) is 0 Å². The van der Waals surface area contributed by atoms with Crippen molar-refractivity contribution in [2.75, 3.05) is 17.6 Å². The van der Waals surface area contributed by atoms with Crippen LogP contribution in [0.3, 0.4) is 0 Å². The van der Waals surface area contributed by atoms with Gasteiger partial charge in [-0.05, 0) is 49.3 Å². The summed E-state index contributed by atoms with van der Waals surface area (Å²) in [6.07, 6.45) is 3.34. The maximum Gasteiger partial charge on any atom is 0.237 e. The molecule has 1 saturated heterocycles. The number of hydrogen-bond acceptors (Lipinski definition) is 3. The summed E-state index contributed by atoms with van der Waals surface area (Å²) < 4.78 is 0. The number of rotatable bonds is 2. The zero-order valence-electron chi connectivity index (χ0n) is 11.7. The first kappa shape index (κ1) is 15.0. The molecule has 1 unspecified atom stereocenters. The van der Waals surface area contributed by atoms with E-state index in [1.54, 1.807) is 11.8 Å². The van der Waals surface area contributed by atoms with Gasteiger partial charge in [-0.1, -0.05) is 18.3 Å². The third-order valence-electron chi connectivity index (χ3n) is 3.15. The predicted octanol–water partition coefficient (Wildman–Crippen LogP) is 2.53. The van der Waals surface area contributed by atoms with Gasteiger partial charge in [-0.3, -0.25) is 4.79 Å². The van der Waals surface area contributed by atoms with Gasteiger partial charge in [-0.15, -0.1) is 11.8 Å². The molecule has 1 aromatic rings. The van der Waals surface area contributed by atoms with Crippen LogP contribution in [0.1, 0.15) is 30.4 Å². The van der Waals surface area contributed by atoms with Crippen molar-refractivity contribution in [3.63, 3.8) is 0 Å². The Balaban J connectivity index is 2.08. The fourth-order valence-electron chi connectivity index (χ4n) is 2.25. The number of thioether (sulfide) groups is 1. The molecule has 1 atom stereocenters. The molecule has 3 N–H and O–H groups in total. The van der Waals surface area contributed by atoms with Crippen molar-refractivity contribution in [1.29, 1.82) is 0 Å². The summed E-state index contributed by atoms with van der Waals surface area (Å²) in [5, 5.41) is 3.10. The van der Waals surface area contributed by atoms with E-state index in [1.165, 1.54) is 6.42 Å². The van der Waals surface area contributed by atoms with Gasteiger partial charge < -0.3 is 11.1 Å². The molecular weight excluding hydrogens is 268 g/mol. The van der Waals surface area contributed by atoms with E-state index in [4.69, 9.17) is 5.73 Å². The highest BCUT2D eigenvalue weighted by atomic mass is 32.2. The normalized spacial score (nSPS) is 18.0. The highest BCUT2D eigenvalue weighted by Crippen LogP contribution is 2.26. The van der Waals surface area contributed by atoms with Crippen LogP contribution in [-0.4, -0.2) is 23.5 Å². The zero-order valence-corrected chi connectivity index (χ0v) is 12.6. The van der Waals surface area contributed by atoms with Gasteiger partial charge in [0.05, 0.1) is 11.8 Å². The molecular formula is C16H20N2OS. The standard InChI is InChI=1S/C16H20N2OS/c1-12-9-13(5-4-7-17)11-14(10-12)18-16(19)15-6-2-3-8-20-15/h9-11,15H,2-3,6-8,17H2,1H3,(H,18,19). The van der Waals surface area contributed by atoms with Crippen LogP contribution in [0.25, 0.3) is 0 Å². The number of carbonyl (C=O) groups excluding carboxylic acids is 1. The Bertz CT molecular complexity index is 539. The van der Waals surface area contributed by atoms with Gasteiger partial charge in [0, 0.05) is 11.3 Å². The SMILES string of the molecule is Cc1cc(C#CCN)cc(NC(=O)C2CCCCS2)c1. The molecule has 106 valence electrons. The molecule has 4 heteroatoms. The molecule has 2 rings (SSSR count). The molecule has 1 amide bonds. The molecule has 3 nitrogen and oxygen atoms in total. The van der Waals surface area contributed by atoms with Crippen LogP contribution >= 0.6 is 11.8 Å². The third-order valence-corrected chi connectivity index (χ3v) is 4.53. The summed E-state index contributed by atoms with van der Waals surface area (Å²) in [4.78, 5) is 12.2. The maximum atomic E-state index is 12.2. The summed E-state index contributed by atoms with van der Waals surface area (Å²) in [6, 6.07) is 5.87. The number of amides is 1. The molecule has 1 aliphatic rings. The number of nitrogens with two attached hydrogens (primary N) is 1. The highest BCUT2D eigenvalue weighted by molar-refractivity contribution is 8.00. The Labute approximate surface area is 124 Å². The van der Waals surface area contributed by atoms with E-state index in [0.29, 0.717) is 6.54 Å². The van der Waals surface area contributed by atoms with Crippen LogP contribution in [0.5, 0.6) is 0 Å². The van der Waals surface area contributed by atoms with Gasteiger partial charge in [0.15, 0.2) is 0 Å². The number of carbonyl (C=O) groups is 1. The average molecular weight is 288 g/mol. The molecule has 0 spiro atoms. The molecule has 0 bridgehead atoms. The van der Waals surface area contributed by atoms with Crippen molar-refractivity contribution in [1.82, 2.24) is 0 Å². The average Bonchev–Trinajstić information content (AvgIpc) is 2.45. The van der Waals surface area contributed by atoms with Crippen LogP contribution in [0.4, 0.5) is 5.69 Å². The second-order valence-electron chi connectivity index (χ2n) is 4.94. The number of hydrogen-bond donors (Lipinski definition) is 2. The van der Waals surface area contributed by atoms with Crippen LogP contribution < -0.4 is 11.1 Å². The molecule has 1 heterocycles. The van der Waals surface area contributed by atoms with Gasteiger partial charge in [-0.2, -0.15) is 0 Å². The lowest BCUT2D eigenvalue weighted by molar-refractivity contribution is -0.115. The van der Waals surface area contributed by atoms with Crippen LogP contribution in [-0.2, 0) is 4.79 Å². The third kappa shape index (κ3) is 4.29. The number of benzene rings is 1. The first-order valence-corrected chi connectivity index (χ1v) is 7.97. The number of anilines is 1. The van der Waals surface area contributed by atoms with E-state index >= 15 is 0 Å². The minimum Gasteiger partial charge on any atom is -0.325 e. The van der Waals surface area contributed by atoms with Crippen LogP contribution in [0.2, 0.25) is 0 Å². The van der Waals surface area contributed by atoms with Crippen molar-refractivity contribution in [3.8, 4) is 11.8 Å². The molecule has 1 aliphatic heterocycles. The van der Waals surface area contributed by atoms with E-state index in [0.717, 1.165) is 35.4 Å². The molecule has 1 aromatic carbocycles. The van der Waals surface area contributed by atoms with E-state index in [2.05, 4.69) is 17.2 Å². The smallest absolute Gasteiger partial charge is 0.237 e. The molecule has 0 aromatic heterocycles. The Morgan fingerprint density at radius 2 is 2.30 bits per heavy atom. The first-order valence-electron chi connectivity index (χ1n) is 6.92. The summed E-state index contributed by atoms with van der Waals surface area (Å²) >= 11 is 1.76. The molecule has 1 fully saturated rings. The van der Waals surface area contributed by atoms with Gasteiger partial charge in [-0.25, -0.2) is 0 Å². The fourth-order valence-corrected chi connectivity index (χ4v) is 3.45. The van der Waals surface area contributed by atoms with E-state index in [-0.39, 0.29) is 11.2 Å². The summed E-state index contributed by atoms with van der Waals surface area (Å²) in [5.74, 6) is 7.04. The Morgan fingerprint density at radius 1 is 1.45 bits per heavy atom. The minimum absolute atomic E-state index is 0.0860. The fraction of sp³-hybridized carbons (Fsp3) is 0.438. The van der Waals surface area contributed by atoms with Crippen molar-refractivity contribution in [3.05, 3.63) is 29.3 Å². The number of aryl methyl sites for hydroxylation is 1.